The van der Waals surface area contributed by atoms with Crippen LogP contribution in [0.3, 0.4) is 0 Å². The third-order valence-electron chi connectivity index (χ3n) is 2.09. The van der Waals surface area contributed by atoms with Gasteiger partial charge in [0, 0.05) is 12.6 Å². The molecule has 0 saturated heterocycles. The van der Waals surface area contributed by atoms with Crippen molar-refractivity contribution >= 4 is 11.6 Å². The summed E-state index contributed by atoms with van der Waals surface area (Å²) in [6.07, 6.45) is -3.42. The zero-order valence-electron chi connectivity index (χ0n) is 9.11. The average Bonchev–Trinajstić information content (AvgIpc) is 2.74. The minimum atomic E-state index is -4.66. The number of rotatable bonds is 2. The molecule has 0 amide bonds. The highest BCUT2D eigenvalue weighted by Gasteiger charge is 2.35. The highest BCUT2D eigenvalue weighted by atomic mass is 35.5. The Labute approximate surface area is 105 Å². The van der Waals surface area contributed by atoms with Crippen molar-refractivity contribution in [1.82, 2.24) is 24.7 Å². The van der Waals surface area contributed by atoms with Crippen LogP contribution in [0.5, 0.6) is 0 Å². The van der Waals surface area contributed by atoms with Crippen molar-refractivity contribution in [2.24, 2.45) is 0 Å². The first-order valence-corrected chi connectivity index (χ1v) is 5.29. The molecule has 0 saturated carbocycles. The maximum absolute atomic E-state index is 12.5. The van der Waals surface area contributed by atoms with Crippen molar-refractivity contribution in [2.45, 2.75) is 19.6 Å². The fraction of sp³-hybridized carbons (Fsp3) is 0.333. The second-order valence-electron chi connectivity index (χ2n) is 3.30. The van der Waals surface area contributed by atoms with E-state index in [1.807, 2.05) is 0 Å². The van der Waals surface area contributed by atoms with Crippen molar-refractivity contribution in [3.8, 4) is 11.5 Å². The van der Waals surface area contributed by atoms with Gasteiger partial charge >= 0.3 is 6.18 Å². The Morgan fingerprint density at radius 2 is 2.06 bits per heavy atom. The van der Waals surface area contributed by atoms with Crippen LogP contribution in [0.1, 0.15) is 12.7 Å². The third-order valence-corrected chi connectivity index (χ3v) is 2.29. The largest absolute Gasteiger partial charge is 0.451 e. The maximum Gasteiger partial charge on any atom is 0.451 e. The molecule has 0 N–H and O–H groups in total. The quantitative estimate of drug-likeness (QED) is 0.791. The molecular weight excluding hydrogens is 271 g/mol. The number of nitrogens with zero attached hydrogens (tertiary/aromatic N) is 5. The van der Waals surface area contributed by atoms with E-state index in [4.69, 9.17) is 11.6 Å². The van der Waals surface area contributed by atoms with Crippen molar-refractivity contribution in [2.75, 3.05) is 0 Å². The van der Waals surface area contributed by atoms with Gasteiger partial charge in [0.1, 0.15) is 17.2 Å². The number of hydrogen-bond acceptors (Lipinski definition) is 4. The van der Waals surface area contributed by atoms with Crippen LogP contribution in [0.25, 0.3) is 11.5 Å². The van der Waals surface area contributed by atoms with E-state index in [0.717, 1.165) is 0 Å². The van der Waals surface area contributed by atoms with Crippen LogP contribution in [0.4, 0.5) is 13.2 Å². The van der Waals surface area contributed by atoms with Crippen molar-refractivity contribution in [1.29, 1.82) is 0 Å². The fourth-order valence-electron chi connectivity index (χ4n) is 1.35. The Balaban J connectivity index is 2.56. The molecular formula is C9H7ClF3N5. The molecule has 0 aliphatic rings. The number of halogens is 4. The van der Waals surface area contributed by atoms with Crippen LogP contribution in [0.2, 0.25) is 5.15 Å². The number of aryl methyl sites for hydroxylation is 1. The Kier molecular flexibility index (Phi) is 3.20. The molecule has 2 rings (SSSR count). The lowest BCUT2D eigenvalue weighted by molar-refractivity contribution is -0.144. The minimum absolute atomic E-state index is 0.0123. The SMILES string of the molecule is CCn1ncnc1-c1cc(Cl)nc(C(F)(F)F)n1. The van der Waals surface area contributed by atoms with Gasteiger partial charge in [-0.15, -0.1) is 0 Å². The molecule has 0 unspecified atom stereocenters. The lowest BCUT2D eigenvalue weighted by Crippen LogP contribution is -2.12. The molecule has 9 heteroatoms. The topological polar surface area (TPSA) is 56.5 Å². The zero-order valence-corrected chi connectivity index (χ0v) is 9.87. The lowest BCUT2D eigenvalue weighted by atomic mass is 10.3. The van der Waals surface area contributed by atoms with Crippen LogP contribution in [-0.2, 0) is 12.7 Å². The summed E-state index contributed by atoms with van der Waals surface area (Å²) in [7, 11) is 0. The normalized spacial score (nSPS) is 11.8. The molecule has 0 spiro atoms. The Hall–Kier alpha value is -1.70. The van der Waals surface area contributed by atoms with E-state index in [-0.39, 0.29) is 16.7 Å². The third kappa shape index (κ3) is 2.42. The Morgan fingerprint density at radius 1 is 1.33 bits per heavy atom. The van der Waals surface area contributed by atoms with Gasteiger partial charge in [0.25, 0.3) is 0 Å². The van der Waals surface area contributed by atoms with Gasteiger partial charge in [0.15, 0.2) is 5.82 Å². The standard InChI is InChI=1S/C9H7ClF3N5/c1-2-18-7(14-4-15-18)5-3-6(10)17-8(16-5)9(11,12)13/h3-4H,2H2,1H3. The van der Waals surface area contributed by atoms with E-state index >= 15 is 0 Å². The molecule has 18 heavy (non-hydrogen) atoms. The molecule has 0 bridgehead atoms. The summed E-state index contributed by atoms with van der Waals surface area (Å²) in [5.74, 6) is -1.08. The predicted molar refractivity (Wildman–Crippen MR) is 56.7 cm³/mol. The summed E-state index contributed by atoms with van der Waals surface area (Å²) in [5, 5.41) is 3.56. The van der Waals surface area contributed by atoms with Gasteiger partial charge in [-0.3, -0.25) is 0 Å². The average molecular weight is 278 g/mol. The number of aromatic nitrogens is 5. The molecule has 0 aromatic carbocycles. The van der Waals surface area contributed by atoms with E-state index < -0.39 is 12.0 Å². The highest BCUT2D eigenvalue weighted by Crippen LogP contribution is 2.29. The second-order valence-corrected chi connectivity index (χ2v) is 3.68. The van der Waals surface area contributed by atoms with E-state index in [2.05, 4.69) is 20.1 Å². The molecule has 5 nitrogen and oxygen atoms in total. The Bertz CT molecular complexity index is 566. The van der Waals surface area contributed by atoms with Crippen molar-refractivity contribution in [3.63, 3.8) is 0 Å². The molecule has 0 radical (unpaired) electrons. The van der Waals surface area contributed by atoms with Gasteiger partial charge in [0.05, 0.1) is 0 Å². The van der Waals surface area contributed by atoms with E-state index in [9.17, 15) is 13.2 Å². The van der Waals surface area contributed by atoms with Gasteiger partial charge < -0.3 is 0 Å². The van der Waals surface area contributed by atoms with Crippen LogP contribution < -0.4 is 0 Å². The number of alkyl halides is 3. The van der Waals surface area contributed by atoms with Crippen LogP contribution in [-0.4, -0.2) is 24.7 Å². The first-order valence-electron chi connectivity index (χ1n) is 4.91. The van der Waals surface area contributed by atoms with E-state index in [0.29, 0.717) is 6.54 Å². The summed E-state index contributed by atoms with van der Waals surface area (Å²) in [4.78, 5) is 10.4. The molecule has 0 fully saturated rings. The van der Waals surface area contributed by atoms with Crippen LogP contribution >= 0.6 is 11.6 Å². The number of hydrogen-bond donors (Lipinski definition) is 0. The fourth-order valence-corrected chi connectivity index (χ4v) is 1.54. The zero-order chi connectivity index (χ0) is 13.3. The molecule has 2 aromatic rings. The molecule has 0 aliphatic heterocycles. The highest BCUT2D eigenvalue weighted by molar-refractivity contribution is 6.29. The molecule has 2 heterocycles. The van der Waals surface area contributed by atoms with Gasteiger partial charge in [0.2, 0.25) is 5.82 Å². The van der Waals surface area contributed by atoms with E-state index in [1.165, 1.54) is 17.1 Å². The molecule has 2 aromatic heterocycles. The van der Waals surface area contributed by atoms with Gasteiger partial charge in [-0.05, 0) is 6.92 Å². The first-order chi connectivity index (χ1) is 8.41. The minimum Gasteiger partial charge on any atom is -0.245 e. The summed E-state index contributed by atoms with van der Waals surface area (Å²) in [5.41, 5.74) is -0.0123. The van der Waals surface area contributed by atoms with Crippen LogP contribution in [0.15, 0.2) is 12.4 Å². The smallest absolute Gasteiger partial charge is 0.245 e. The van der Waals surface area contributed by atoms with Crippen molar-refractivity contribution in [3.05, 3.63) is 23.4 Å². The second kappa shape index (κ2) is 4.52. The monoisotopic (exact) mass is 277 g/mol. The van der Waals surface area contributed by atoms with Crippen LogP contribution in [0, 0.1) is 0 Å². The molecule has 96 valence electrons. The Morgan fingerprint density at radius 3 is 2.67 bits per heavy atom. The summed E-state index contributed by atoms with van der Waals surface area (Å²) < 4.78 is 39.1. The summed E-state index contributed by atoms with van der Waals surface area (Å²) >= 11 is 5.56. The summed E-state index contributed by atoms with van der Waals surface area (Å²) in [6, 6.07) is 1.22. The molecule has 0 aliphatic carbocycles. The maximum atomic E-state index is 12.5. The summed E-state index contributed by atoms with van der Waals surface area (Å²) in [6.45, 7) is 2.24. The lowest BCUT2D eigenvalue weighted by Gasteiger charge is -2.07. The van der Waals surface area contributed by atoms with Gasteiger partial charge in [-0.25, -0.2) is 19.6 Å². The predicted octanol–water partition coefficient (Wildman–Crippen LogP) is 2.43. The molecule has 0 atom stereocenters. The van der Waals surface area contributed by atoms with Crippen molar-refractivity contribution < 1.29 is 13.2 Å². The first kappa shape index (κ1) is 12.7. The van der Waals surface area contributed by atoms with E-state index in [1.54, 1.807) is 6.92 Å². The van der Waals surface area contributed by atoms with Gasteiger partial charge in [-0.1, -0.05) is 11.6 Å². The van der Waals surface area contributed by atoms with Gasteiger partial charge in [-0.2, -0.15) is 18.3 Å².